The van der Waals surface area contributed by atoms with E-state index in [-0.39, 0.29) is 5.56 Å². The largest absolute Gasteiger partial charge is 0.431 e. The number of alkyl halides is 4. The summed E-state index contributed by atoms with van der Waals surface area (Å²) < 4.78 is 65.7. The third-order valence-corrected chi connectivity index (χ3v) is 1.92. The molecule has 0 aliphatic carbocycles. The molecule has 0 saturated carbocycles. The summed E-state index contributed by atoms with van der Waals surface area (Å²) in [7, 11) is 0. The maximum atomic E-state index is 13.2. The Labute approximate surface area is 93.0 Å². The molecule has 0 unspecified atom stereocenters. The van der Waals surface area contributed by atoms with Crippen molar-refractivity contribution in [1.29, 1.82) is 0 Å². The predicted molar refractivity (Wildman–Crippen MR) is 48.0 cm³/mol. The van der Waals surface area contributed by atoms with Gasteiger partial charge >= 0.3 is 6.61 Å². The van der Waals surface area contributed by atoms with Crippen molar-refractivity contribution in [2.45, 2.75) is 20.0 Å². The lowest BCUT2D eigenvalue weighted by Gasteiger charge is -2.12. The van der Waals surface area contributed by atoms with Crippen LogP contribution in [0.15, 0.2) is 12.1 Å². The van der Waals surface area contributed by atoms with E-state index < -0.39 is 36.0 Å². The second-order valence-corrected chi connectivity index (χ2v) is 3.11. The maximum Gasteiger partial charge on any atom is 0.387 e. The normalized spacial score (nSPS) is 11.1. The molecule has 0 amide bonds. The average Bonchev–Trinajstić information content (AvgIpc) is 2.19. The number of ketones is 1. The Kier molecular flexibility index (Phi) is 4.03. The van der Waals surface area contributed by atoms with Crippen molar-refractivity contribution in [3.63, 3.8) is 0 Å². The number of Topliss-reactive ketones (excluding diaryl/α,β-unsaturated/α-hetero) is 1. The second-order valence-electron chi connectivity index (χ2n) is 3.11. The van der Waals surface area contributed by atoms with Crippen LogP contribution in [0.5, 0.6) is 5.75 Å². The van der Waals surface area contributed by atoms with Crippen LogP contribution in [0.1, 0.15) is 29.3 Å². The van der Waals surface area contributed by atoms with Gasteiger partial charge in [-0.2, -0.15) is 8.78 Å². The van der Waals surface area contributed by atoms with Crippen molar-refractivity contribution < 1.29 is 31.5 Å². The minimum absolute atomic E-state index is 0.334. The molecule has 1 aromatic carbocycles. The molecule has 0 N–H and O–H groups in total. The number of carbonyl (C=O) groups is 1. The Balaban J connectivity index is 3.33. The van der Waals surface area contributed by atoms with E-state index in [0.29, 0.717) is 12.1 Å². The van der Waals surface area contributed by atoms with Crippen LogP contribution in [0.3, 0.4) is 0 Å². The summed E-state index contributed by atoms with van der Waals surface area (Å²) in [6.45, 7) is -2.39. The molecule has 0 spiro atoms. The fourth-order valence-corrected chi connectivity index (χ4v) is 1.19. The van der Waals surface area contributed by atoms with Gasteiger partial charge in [-0.3, -0.25) is 4.79 Å². The van der Waals surface area contributed by atoms with Crippen LogP contribution in [0.2, 0.25) is 0 Å². The number of hydrogen-bond acceptors (Lipinski definition) is 2. The molecule has 0 radical (unpaired) electrons. The zero-order chi connectivity index (χ0) is 13.2. The van der Waals surface area contributed by atoms with Crippen molar-refractivity contribution in [3.05, 3.63) is 29.1 Å². The zero-order valence-electron chi connectivity index (χ0n) is 8.52. The van der Waals surface area contributed by atoms with Crippen LogP contribution >= 0.6 is 0 Å². The van der Waals surface area contributed by atoms with Crippen molar-refractivity contribution in [2.24, 2.45) is 0 Å². The quantitative estimate of drug-likeness (QED) is 0.606. The minimum Gasteiger partial charge on any atom is -0.431 e. The topological polar surface area (TPSA) is 26.3 Å². The van der Waals surface area contributed by atoms with E-state index in [2.05, 4.69) is 4.74 Å². The molecule has 0 atom stereocenters. The number of hydrogen-bond donors (Lipinski definition) is 0. The number of benzene rings is 1. The number of carbonyl (C=O) groups excluding carboxylic acids is 1. The molecule has 0 aromatic heterocycles. The summed E-state index contributed by atoms with van der Waals surface area (Å²) in [5.41, 5.74) is -1.41. The van der Waals surface area contributed by atoms with Crippen LogP contribution in [0, 0.1) is 5.82 Å². The molecule has 0 aliphatic rings. The lowest BCUT2D eigenvalue weighted by molar-refractivity contribution is -0.0544. The van der Waals surface area contributed by atoms with Gasteiger partial charge in [0.1, 0.15) is 0 Å². The Morgan fingerprint density at radius 2 is 1.82 bits per heavy atom. The first kappa shape index (κ1) is 13.4. The van der Waals surface area contributed by atoms with E-state index in [9.17, 15) is 26.7 Å². The highest BCUT2D eigenvalue weighted by Crippen LogP contribution is 2.33. The van der Waals surface area contributed by atoms with Gasteiger partial charge in [-0.15, -0.1) is 0 Å². The zero-order valence-corrected chi connectivity index (χ0v) is 8.52. The first-order valence-corrected chi connectivity index (χ1v) is 4.40. The van der Waals surface area contributed by atoms with Crippen LogP contribution in [0.25, 0.3) is 0 Å². The molecule has 0 fully saturated rings. The van der Waals surface area contributed by atoms with E-state index in [1.807, 2.05) is 0 Å². The van der Waals surface area contributed by atoms with E-state index >= 15 is 0 Å². The fraction of sp³-hybridized carbons (Fsp3) is 0.300. The smallest absolute Gasteiger partial charge is 0.387 e. The number of ether oxygens (including phenoxy) is 1. The van der Waals surface area contributed by atoms with E-state index in [0.717, 1.165) is 6.92 Å². The monoisotopic (exact) mass is 254 g/mol. The Bertz CT molecular complexity index is 431. The van der Waals surface area contributed by atoms with Gasteiger partial charge in [0.2, 0.25) is 0 Å². The molecular weight excluding hydrogens is 247 g/mol. The molecule has 1 rings (SSSR count). The Morgan fingerprint density at radius 1 is 1.24 bits per heavy atom. The summed E-state index contributed by atoms with van der Waals surface area (Å²) in [5.74, 6) is -3.32. The molecule has 0 bridgehead atoms. The van der Waals surface area contributed by atoms with Crippen LogP contribution in [-0.4, -0.2) is 12.4 Å². The summed E-state index contributed by atoms with van der Waals surface area (Å²) in [6.07, 6.45) is -3.22. The first-order chi connectivity index (χ1) is 7.82. The lowest BCUT2D eigenvalue weighted by atomic mass is 10.1. The average molecular weight is 254 g/mol. The minimum atomic E-state index is -3.43. The molecule has 0 heterocycles. The van der Waals surface area contributed by atoms with Crippen molar-refractivity contribution in [2.75, 3.05) is 0 Å². The second kappa shape index (κ2) is 5.11. The van der Waals surface area contributed by atoms with Gasteiger partial charge in [-0.25, -0.2) is 13.2 Å². The molecule has 0 aliphatic heterocycles. The Morgan fingerprint density at radius 3 is 2.24 bits per heavy atom. The SMILES string of the molecule is CC(=O)c1cc(F)c(OC(F)F)c(C(F)F)c1. The summed E-state index contributed by atoms with van der Waals surface area (Å²) in [6, 6.07) is 1.21. The summed E-state index contributed by atoms with van der Waals surface area (Å²) >= 11 is 0. The van der Waals surface area contributed by atoms with Gasteiger partial charge in [0.25, 0.3) is 6.43 Å². The molecule has 2 nitrogen and oxygen atoms in total. The first-order valence-electron chi connectivity index (χ1n) is 4.40. The molecule has 1 aromatic rings. The van der Waals surface area contributed by atoms with E-state index in [1.165, 1.54) is 0 Å². The lowest BCUT2D eigenvalue weighted by Crippen LogP contribution is -2.08. The van der Waals surface area contributed by atoms with Crippen LogP contribution in [-0.2, 0) is 0 Å². The van der Waals surface area contributed by atoms with E-state index in [1.54, 1.807) is 0 Å². The van der Waals surface area contributed by atoms with Crippen LogP contribution < -0.4 is 4.74 Å². The summed E-state index contributed by atoms with van der Waals surface area (Å²) in [5, 5.41) is 0. The van der Waals surface area contributed by atoms with Crippen LogP contribution in [0.4, 0.5) is 22.0 Å². The third-order valence-electron chi connectivity index (χ3n) is 1.92. The number of rotatable bonds is 4. The van der Waals surface area contributed by atoms with Gasteiger partial charge in [0, 0.05) is 5.56 Å². The summed E-state index contributed by atoms with van der Waals surface area (Å²) in [4.78, 5) is 10.9. The number of halogens is 5. The molecule has 0 saturated heterocycles. The molecular formula is C10H7F5O2. The fourth-order valence-electron chi connectivity index (χ4n) is 1.19. The molecule has 7 heteroatoms. The third kappa shape index (κ3) is 3.15. The predicted octanol–water partition coefficient (Wildman–Crippen LogP) is 3.57. The molecule has 94 valence electrons. The van der Waals surface area contributed by atoms with E-state index in [4.69, 9.17) is 0 Å². The maximum absolute atomic E-state index is 13.2. The highest BCUT2D eigenvalue weighted by molar-refractivity contribution is 5.94. The highest BCUT2D eigenvalue weighted by atomic mass is 19.3. The molecule has 17 heavy (non-hydrogen) atoms. The van der Waals surface area contributed by atoms with Gasteiger partial charge < -0.3 is 4.74 Å². The standard InChI is InChI=1S/C10H7F5O2/c1-4(16)5-2-6(9(12)13)8(7(11)3-5)17-10(14)15/h2-3,9-10H,1H3. The van der Waals surface area contributed by atoms with Gasteiger partial charge in [0.15, 0.2) is 17.3 Å². The highest BCUT2D eigenvalue weighted by Gasteiger charge is 2.23. The van der Waals surface area contributed by atoms with Gasteiger partial charge in [-0.05, 0) is 19.1 Å². The van der Waals surface area contributed by atoms with Gasteiger partial charge in [-0.1, -0.05) is 0 Å². The van der Waals surface area contributed by atoms with Crippen molar-refractivity contribution in [3.8, 4) is 5.75 Å². The van der Waals surface area contributed by atoms with Crippen molar-refractivity contribution in [1.82, 2.24) is 0 Å². The Hall–Kier alpha value is -1.66. The van der Waals surface area contributed by atoms with Crippen molar-refractivity contribution >= 4 is 5.78 Å². The van der Waals surface area contributed by atoms with Gasteiger partial charge in [0.05, 0.1) is 5.56 Å².